The Balaban J connectivity index is 3.06. The Morgan fingerprint density at radius 2 is 2.00 bits per heavy atom. The van der Waals surface area contributed by atoms with Gasteiger partial charge in [-0.1, -0.05) is 23.7 Å². The monoisotopic (exact) mass is 180 g/mol. The van der Waals surface area contributed by atoms with E-state index in [-0.39, 0.29) is 5.15 Å². The van der Waals surface area contributed by atoms with Crippen LogP contribution in [-0.2, 0) is 0 Å². The number of halogens is 4. The van der Waals surface area contributed by atoms with E-state index in [1.54, 1.807) is 0 Å². The lowest BCUT2D eigenvalue weighted by atomic mass is 9.81. The molecular weight excluding hydrogens is 177 g/mol. The van der Waals surface area contributed by atoms with E-state index in [1.807, 2.05) is 0 Å². The molecule has 0 atom stereocenters. The van der Waals surface area contributed by atoms with Gasteiger partial charge in [0.2, 0.25) is 0 Å². The quantitative estimate of drug-likeness (QED) is 0.474. The van der Waals surface area contributed by atoms with Gasteiger partial charge < -0.3 is 12.9 Å². The molecule has 0 bridgehead atoms. The molecule has 0 aromatic carbocycles. The normalized spacial score (nSPS) is 11.6. The van der Waals surface area contributed by atoms with Gasteiger partial charge in [-0.05, 0) is 0 Å². The fourth-order valence-electron chi connectivity index (χ4n) is 0.621. The standard InChI is InChI=1S/C5H3BClF3N/c7-5-3-4(1-2-11-5)6(8,9)10/h1-3H/q-1. The molecule has 0 N–H and O–H groups in total. The predicted molar refractivity (Wildman–Crippen MR) is 38.0 cm³/mol. The molecule has 0 aliphatic rings. The molecule has 0 fully saturated rings. The van der Waals surface area contributed by atoms with E-state index in [2.05, 4.69) is 4.98 Å². The lowest BCUT2D eigenvalue weighted by molar-refractivity contribution is 0.501. The average Bonchev–Trinajstić information content (AvgIpc) is 1.86. The van der Waals surface area contributed by atoms with E-state index in [4.69, 9.17) is 11.6 Å². The first-order chi connectivity index (χ1) is 5.00. The Hall–Kier alpha value is -0.705. The highest BCUT2D eigenvalue weighted by Crippen LogP contribution is 2.10. The van der Waals surface area contributed by atoms with Crippen molar-refractivity contribution in [2.75, 3.05) is 0 Å². The summed E-state index contributed by atoms with van der Waals surface area (Å²) in [6.07, 6.45) is 1.03. The van der Waals surface area contributed by atoms with Crippen molar-refractivity contribution in [3.05, 3.63) is 23.5 Å². The van der Waals surface area contributed by atoms with Crippen LogP contribution in [0.25, 0.3) is 0 Å². The number of hydrogen-bond donors (Lipinski definition) is 0. The third-order valence-corrected chi connectivity index (χ3v) is 1.34. The van der Waals surface area contributed by atoms with Gasteiger partial charge in [-0.25, -0.2) is 4.98 Å². The van der Waals surface area contributed by atoms with E-state index in [1.165, 1.54) is 0 Å². The van der Waals surface area contributed by atoms with Crippen molar-refractivity contribution in [2.45, 2.75) is 0 Å². The fourth-order valence-corrected chi connectivity index (χ4v) is 0.803. The van der Waals surface area contributed by atoms with Crippen LogP contribution in [-0.4, -0.2) is 12.0 Å². The van der Waals surface area contributed by atoms with Crippen LogP contribution in [0.3, 0.4) is 0 Å². The number of hydrogen-bond acceptors (Lipinski definition) is 1. The zero-order chi connectivity index (χ0) is 8.48. The molecule has 0 radical (unpaired) electrons. The number of pyridine rings is 1. The van der Waals surface area contributed by atoms with Gasteiger partial charge in [-0.2, -0.15) is 0 Å². The van der Waals surface area contributed by atoms with Crippen molar-refractivity contribution in [1.82, 2.24) is 4.98 Å². The molecule has 11 heavy (non-hydrogen) atoms. The Bertz CT molecular complexity index is 262. The lowest BCUT2D eigenvalue weighted by Gasteiger charge is -2.13. The van der Waals surface area contributed by atoms with Crippen LogP contribution >= 0.6 is 11.6 Å². The predicted octanol–water partition coefficient (Wildman–Crippen LogP) is 1.79. The van der Waals surface area contributed by atoms with Crippen LogP contribution in [0, 0.1) is 0 Å². The first-order valence-corrected chi connectivity index (χ1v) is 3.19. The molecule has 60 valence electrons. The summed E-state index contributed by atoms with van der Waals surface area (Å²) in [5.41, 5.74) is -0.718. The van der Waals surface area contributed by atoms with Crippen molar-refractivity contribution >= 4 is 24.0 Å². The molecule has 1 rings (SSSR count). The van der Waals surface area contributed by atoms with E-state index >= 15 is 0 Å². The zero-order valence-corrected chi connectivity index (χ0v) is 6.02. The maximum absolute atomic E-state index is 11.9. The van der Waals surface area contributed by atoms with Crippen molar-refractivity contribution in [1.29, 1.82) is 0 Å². The summed E-state index contributed by atoms with van der Waals surface area (Å²) in [4.78, 5) is 3.43. The summed E-state index contributed by atoms with van der Waals surface area (Å²) in [6.45, 7) is -4.95. The second-order valence-electron chi connectivity index (χ2n) is 1.99. The SMILES string of the molecule is F[B-](F)(F)c1ccnc(Cl)c1. The largest absolute Gasteiger partial charge is 0.509 e. The van der Waals surface area contributed by atoms with Crippen LogP contribution in [0.1, 0.15) is 0 Å². The topological polar surface area (TPSA) is 12.9 Å². The van der Waals surface area contributed by atoms with Crippen LogP contribution in [0.4, 0.5) is 12.9 Å². The Morgan fingerprint density at radius 1 is 1.36 bits per heavy atom. The zero-order valence-electron chi connectivity index (χ0n) is 5.27. The van der Waals surface area contributed by atoms with Gasteiger partial charge >= 0.3 is 6.98 Å². The van der Waals surface area contributed by atoms with Crippen LogP contribution in [0.15, 0.2) is 18.3 Å². The molecule has 0 aliphatic carbocycles. The number of rotatable bonds is 1. The molecule has 0 amide bonds. The van der Waals surface area contributed by atoms with Gasteiger partial charge in [0, 0.05) is 6.20 Å². The molecule has 0 saturated carbocycles. The molecule has 1 aromatic rings. The molecule has 0 spiro atoms. The summed E-state index contributed by atoms with van der Waals surface area (Å²) >= 11 is 5.25. The van der Waals surface area contributed by atoms with Crippen molar-refractivity contribution < 1.29 is 12.9 Å². The summed E-state index contributed by atoms with van der Waals surface area (Å²) in [7, 11) is 0. The summed E-state index contributed by atoms with van der Waals surface area (Å²) in [6, 6.07) is 1.70. The van der Waals surface area contributed by atoms with Crippen LogP contribution in [0.2, 0.25) is 5.15 Å². The molecule has 0 saturated heterocycles. The smallest absolute Gasteiger partial charge is 0.445 e. The van der Waals surface area contributed by atoms with Gasteiger partial charge in [0.25, 0.3) is 0 Å². The van der Waals surface area contributed by atoms with E-state index < -0.39 is 12.4 Å². The van der Waals surface area contributed by atoms with E-state index in [0.717, 1.165) is 18.3 Å². The van der Waals surface area contributed by atoms with E-state index in [0.29, 0.717) is 0 Å². The molecule has 1 heterocycles. The molecular formula is C5H3BClF3N-. The van der Waals surface area contributed by atoms with Crippen LogP contribution in [0.5, 0.6) is 0 Å². The van der Waals surface area contributed by atoms with Gasteiger partial charge in [0.15, 0.2) is 0 Å². The third kappa shape index (κ3) is 2.11. The minimum Gasteiger partial charge on any atom is -0.445 e. The van der Waals surface area contributed by atoms with Gasteiger partial charge in [-0.15, -0.1) is 5.46 Å². The van der Waals surface area contributed by atoms with E-state index in [9.17, 15) is 12.9 Å². The second-order valence-corrected chi connectivity index (χ2v) is 2.37. The van der Waals surface area contributed by atoms with Gasteiger partial charge in [0.1, 0.15) is 5.15 Å². The Kier molecular flexibility index (Phi) is 2.09. The lowest BCUT2D eigenvalue weighted by Crippen LogP contribution is -2.33. The fraction of sp³-hybridized carbons (Fsp3) is 0. The number of aromatic nitrogens is 1. The molecule has 1 nitrogen and oxygen atoms in total. The Morgan fingerprint density at radius 3 is 2.36 bits per heavy atom. The summed E-state index contributed by atoms with van der Waals surface area (Å²) < 4.78 is 35.8. The minimum absolute atomic E-state index is 0.137. The summed E-state index contributed by atoms with van der Waals surface area (Å²) in [5, 5.41) is -0.137. The maximum Gasteiger partial charge on any atom is 0.509 e. The van der Waals surface area contributed by atoms with Crippen molar-refractivity contribution in [2.24, 2.45) is 0 Å². The number of nitrogens with zero attached hydrogens (tertiary/aromatic N) is 1. The maximum atomic E-state index is 11.9. The molecule has 6 heteroatoms. The highest BCUT2D eigenvalue weighted by molar-refractivity contribution is 6.73. The van der Waals surface area contributed by atoms with Crippen LogP contribution < -0.4 is 5.46 Å². The minimum atomic E-state index is -4.95. The average molecular weight is 180 g/mol. The molecule has 1 aromatic heterocycles. The first kappa shape index (κ1) is 8.39. The van der Waals surface area contributed by atoms with Gasteiger partial charge in [-0.3, -0.25) is 0 Å². The second kappa shape index (κ2) is 2.73. The molecule has 0 unspecified atom stereocenters. The highest BCUT2D eigenvalue weighted by atomic mass is 35.5. The first-order valence-electron chi connectivity index (χ1n) is 2.81. The van der Waals surface area contributed by atoms with Crippen molar-refractivity contribution in [3.63, 3.8) is 0 Å². The van der Waals surface area contributed by atoms with Crippen molar-refractivity contribution in [3.8, 4) is 0 Å². The molecule has 0 aliphatic heterocycles. The van der Waals surface area contributed by atoms with Gasteiger partial charge in [0.05, 0.1) is 0 Å². The highest BCUT2D eigenvalue weighted by Gasteiger charge is 2.25. The Labute approximate surface area is 66.3 Å². The third-order valence-electron chi connectivity index (χ3n) is 1.13. The summed E-state index contributed by atoms with van der Waals surface area (Å²) in [5.74, 6) is 0.